The number of hydrogen-bond acceptors (Lipinski definition) is 6. The number of thioether (sulfide) groups is 1. The largest absolute Gasteiger partial charge is 0.494 e. The lowest BCUT2D eigenvalue weighted by Gasteiger charge is -2.39. The van der Waals surface area contributed by atoms with Crippen molar-refractivity contribution in [1.29, 1.82) is 0 Å². The average molecular weight is 570 g/mol. The third kappa shape index (κ3) is 5.18. The number of anilines is 1. The van der Waals surface area contributed by atoms with Gasteiger partial charge in [0.05, 0.1) is 29.8 Å². The van der Waals surface area contributed by atoms with E-state index in [-0.39, 0.29) is 42.2 Å². The summed E-state index contributed by atoms with van der Waals surface area (Å²) in [5.74, 6) is -0.891. The van der Waals surface area contributed by atoms with Gasteiger partial charge in [0, 0.05) is 36.6 Å². The highest BCUT2D eigenvalue weighted by atomic mass is 32.2. The summed E-state index contributed by atoms with van der Waals surface area (Å²) in [6, 6.07) is 6.65. The Labute approximate surface area is 242 Å². The van der Waals surface area contributed by atoms with Crippen molar-refractivity contribution in [3.63, 3.8) is 0 Å². The molecule has 9 heteroatoms. The Kier molecular flexibility index (Phi) is 9.67. The minimum absolute atomic E-state index is 0.0131. The summed E-state index contributed by atoms with van der Waals surface area (Å²) in [6.07, 6.45) is 6.63. The van der Waals surface area contributed by atoms with Gasteiger partial charge in [-0.3, -0.25) is 14.4 Å². The third-order valence-electron chi connectivity index (χ3n) is 8.54. The van der Waals surface area contributed by atoms with Crippen LogP contribution in [-0.4, -0.2) is 87.6 Å². The molecule has 0 aromatic heterocycles. The van der Waals surface area contributed by atoms with Crippen LogP contribution in [0.5, 0.6) is 5.75 Å². The highest BCUT2D eigenvalue weighted by Crippen LogP contribution is 2.66. The molecule has 3 aliphatic rings. The summed E-state index contributed by atoms with van der Waals surface area (Å²) in [4.78, 5) is 47.8. The molecule has 40 heavy (non-hydrogen) atoms. The van der Waals surface area contributed by atoms with Crippen molar-refractivity contribution >= 4 is 35.2 Å². The number of rotatable bonds is 14. The molecule has 1 aromatic carbocycles. The van der Waals surface area contributed by atoms with E-state index in [0.29, 0.717) is 31.8 Å². The molecule has 1 N–H and O–H groups in total. The first-order chi connectivity index (χ1) is 19.3. The lowest BCUT2D eigenvalue weighted by atomic mass is 9.70. The first kappa shape index (κ1) is 30.2. The van der Waals surface area contributed by atoms with Gasteiger partial charge in [-0.25, -0.2) is 0 Å². The van der Waals surface area contributed by atoms with E-state index < -0.39 is 22.6 Å². The van der Waals surface area contributed by atoms with E-state index in [2.05, 4.69) is 20.1 Å². The van der Waals surface area contributed by atoms with Crippen molar-refractivity contribution in [3.05, 3.63) is 49.6 Å². The highest BCUT2D eigenvalue weighted by Gasteiger charge is 2.74. The number of carbonyl (C=O) groups excluding carboxylic acids is 3. The third-order valence-corrected chi connectivity index (χ3v) is 10.5. The molecular formula is C31H43N3O5S. The van der Waals surface area contributed by atoms with Gasteiger partial charge in [0.1, 0.15) is 11.8 Å². The number of nitrogens with zero attached hydrogens (tertiary/aromatic N) is 3. The molecule has 3 unspecified atom stereocenters. The van der Waals surface area contributed by atoms with Crippen molar-refractivity contribution in [2.24, 2.45) is 11.8 Å². The topological polar surface area (TPSA) is 90.4 Å². The molecule has 3 aliphatic heterocycles. The number of β-amino-alcohol motifs (C(OH)–C–C–N with tert-alkyl or cyclic N) is 1. The van der Waals surface area contributed by atoms with Gasteiger partial charge in [0.15, 0.2) is 0 Å². The maximum Gasteiger partial charge on any atom is 0.247 e. The molecule has 0 radical (unpaired) electrons. The maximum atomic E-state index is 14.3. The molecule has 4 rings (SSSR count). The minimum Gasteiger partial charge on any atom is -0.494 e. The summed E-state index contributed by atoms with van der Waals surface area (Å²) in [5, 5.41) is 9.86. The smallest absolute Gasteiger partial charge is 0.247 e. The molecule has 3 amide bonds. The Balaban J connectivity index is 1.70. The molecule has 218 valence electrons. The number of aliphatic hydroxyl groups excluding tert-OH is 1. The zero-order valence-electron chi connectivity index (χ0n) is 24.0. The predicted molar refractivity (Wildman–Crippen MR) is 159 cm³/mol. The molecule has 8 nitrogen and oxygen atoms in total. The van der Waals surface area contributed by atoms with Gasteiger partial charge in [0.2, 0.25) is 17.7 Å². The Morgan fingerprint density at radius 3 is 2.50 bits per heavy atom. The van der Waals surface area contributed by atoms with Crippen LogP contribution in [-0.2, 0) is 14.4 Å². The van der Waals surface area contributed by atoms with E-state index in [1.54, 1.807) is 33.7 Å². The number of hydrogen-bond donors (Lipinski definition) is 1. The van der Waals surface area contributed by atoms with Crippen molar-refractivity contribution in [2.75, 3.05) is 37.7 Å². The Bertz CT molecular complexity index is 1110. The van der Waals surface area contributed by atoms with E-state index in [1.165, 1.54) is 0 Å². The molecule has 2 bridgehead atoms. The van der Waals surface area contributed by atoms with Crippen LogP contribution in [0.1, 0.15) is 46.5 Å². The zero-order valence-corrected chi connectivity index (χ0v) is 24.8. The number of benzene rings is 1. The molecule has 0 aliphatic carbocycles. The highest BCUT2D eigenvalue weighted by molar-refractivity contribution is 8.02. The van der Waals surface area contributed by atoms with Gasteiger partial charge in [0.25, 0.3) is 0 Å². The molecule has 0 saturated carbocycles. The summed E-state index contributed by atoms with van der Waals surface area (Å²) < 4.78 is 4.87. The van der Waals surface area contributed by atoms with Gasteiger partial charge in [-0.15, -0.1) is 24.9 Å². The van der Waals surface area contributed by atoms with Crippen LogP contribution in [0.25, 0.3) is 0 Å². The Morgan fingerprint density at radius 1 is 1.20 bits per heavy atom. The molecule has 3 heterocycles. The second-order valence-corrected chi connectivity index (χ2v) is 12.5. The van der Waals surface area contributed by atoms with Crippen LogP contribution >= 0.6 is 11.8 Å². The van der Waals surface area contributed by atoms with Gasteiger partial charge < -0.3 is 24.5 Å². The number of ether oxygens (including phenoxy) is 1. The lowest BCUT2D eigenvalue weighted by molar-refractivity contribution is -0.144. The van der Waals surface area contributed by atoms with Gasteiger partial charge in [-0.05, 0) is 57.4 Å². The van der Waals surface area contributed by atoms with E-state index in [9.17, 15) is 19.5 Å². The molecule has 3 fully saturated rings. The van der Waals surface area contributed by atoms with E-state index in [1.807, 2.05) is 43.0 Å². The van der Waals surface area contributed by atoms with Gasteiger partial charge >= 0.3 is 0 Å². The van der Waals surface area contributed by atoms with Crippen molar-refractivity contribution in [2.45, 2.75) is 68.5 Å². The fraction of sp³-hybridized carbons (Fsp3) is 0.581. The van der Waals surface area contributed by atoms with Crippen LogP contribution < -0.4 is 9.64 Å². The molecule has 1 spiro atoms. The molecular weight excluding hydrogens is 526 g/mol. The lowest BCUT2D eigenvalue weighted by Crippen LogP contribution is -2.57. The fourth-order valence-electron chi connectivity index (χ4n) is 6.94. The second-order valence-electron chi connectivity index (χ2n) is 10.9. The summed E-state index contributed by atoms with van der Waals surface area (Å²) in [5.41, 5.74) is 0.714. The summed E-state index contributed by atoms with van der Waals surface area (Å²) in [7, 11) is 0. The van der Waals surface area contributed by atoms with E-state index in [0.717, 1.165) is 25.0 Å². The standard InChI is InChI=1S/C31H43N3O5S/c1-6-10-21(5)32(17-7-2)30(38)27-31-16-15-24(40-31)25(26(31)29(37)34(27)19-20-35)28(36)33(18-8-3)22-11-13-23(14-12-22)39-9-4/h7-8,11-14,21,24-27,35H,2-3,6,9-10,15-20H2,1,4-5H3/t21?,24-,25+,26-,27?,31?/m0/s1. The fourth-order valence-corrected chi connectivity index (χ4v) is 9.15. The van der Waals surface area contributed by atoms with Crippen LogP contribution in [0.3, 0.4) is 0 Å². The van der Waals surface area contributed by atoms with E-state index >= 15 is 0 Å². The Hall–Kier alpha value is -2.78. The van der Waals surface area contributed by atoms with Gasteiger partial charge in [-0.2, -0.15) is 0 Å². The SMILES string of the molecule is C=CCN(C(=O)[C@@H]1[C@@H]2CCC3(S2)C(C(=O)N(CC=C)C(C)CCC)N(CCO)C(=O)[C@H]13)c1ccc(OCC)cc1. The first-order valence-corrected chi connectivity index (χ1v) is 15.3. The average Bonchev–Trinajstić information content (AvgIpc) is 3.58. The molecule has 1 aromatic rings. The van der Waals surface area contributed by atoms with Gasteiger partial charge in [-0.1, -0.05) is 25.5 Å². The number of carbonyl (C=O) groups is 3. The van der Waals surface area contributed by atoms with Crippen molar-refractivity contribution < 1.29 is 24.2 Å². The quantitative estimate of drug-likeness (QED) is 0.342. The van der Waals surface area contributed by atoms with E-state index in [4.69, 9.17) is 4.74 Å². The van der Waals surface area contributed by atoms with Crippen LogP contribution in [0.2, 0.25) is 0 Å². The maximum absolute atomic E-state index is 14.3. The number of amides is 3. The molecule has 6 atom stereocenters. The van der Waals surface area contributed by atoms with Crippen LogP contribution in [0.4, 0.5) is 5.69 Å². The summed E-state index contributed by atoms with van der Waals surface area (Å²) >= 11 is 1.65. The number of aliphatic hydroxyl groups is 1. The first-order valence-electron chi connectivity index (χ1n) is 14.4. The summed E-state index contributed by atoms with van der Waals surface area (Å²) in [6.45, 7) is 14.8. The van der Waals surface area contributed by atoms with Crippen LogP contribution in [0, 0.1) is 11.8 Å². The van der Waals surface area contributed by atoms with Crippen LogP contribution in [0.15, 0.2) is 49.6 Å². The number of likely N-dealkylation sites (tertiary alicyclic amines) is 1. The predicted octanol–water partition coefficient (Wildman–Crippen LogP) is 3.89. The monoisotopic (exact) mass is 569 g/mol. The van der Waals surface area contributed by atoms with Crippen molar-refractivity contribution in [3.8, 4) is 5.75 Å². The number of fused-ring (bicyclic) bond motifs is 1. The zero-order chi connectivity index (χ0) is 29.0. The normalized spacial score (nSPS) is 27.3. The minimum atomic E-state index is -0.720. The van der Waals surface area contributed by atoms with Crippen molar-refractivity contribution in [1.82, 2.24) is 9.80 Å². The second kappa shape index (κ2) is 12.8. The Morgan fingerprint density at radius 2 is 1.90 bits per heavy atom. The molecule has 3 saturated heterocycles.